The largest absolute Gasteiger partial charge is 0.508 e. The Kier molecular flexibility index (Phi) is 4.60. The fourth-order valence-corrected chi connectivity index (χ4v) is 2.73. The Labute approximate surface area is 129 Å². The van der Waals surface area contributed by atoms with E-state index in [-0.39, 0.29) is 11.7 Å². The predicted molar refractivity (Wildman–Crippen MR) is 83.9 cm³/mol. The molecule has 2 aromatic rings. The number of H-pyrrole nitrogens is 1. The molecule has 22 heavy (non-hydrogen) atoms. The molecule has 0 spiro atoms. The second kappa shape index (κ2) is 6.81. The Morgan fingerprint density at radius 3 is 3.00 bits per heavy atom. The van der Waals surface area contributed by atoms with Crippen LogP contribution in [-0.4, -0.2) is 60.3 Å². The van der Waals surface area contributed by atoms with Gasteiger partial charge in [0.05, 0.1) is 19.8 Å². The first kappa shape index (κ1) is 14.9. The zero-order valence-electron chi connectivity index (χ0n) is 12.5. The number of aromatic nitrogens is 1. The molecule has 1 aromatic carbocycles. The lowest BCUT2D eigenvalue weighted by molar-refractivity contribution is -0.123. The maximum Gasteiger partial charge on any atom is 0.234 e. The van der Waals surface area contributed by atoms with Crippen LogP contribution < -0.4 is 5.32 Å². The molecule has 1 aliphatic heterocycles. The van der Waals surface area contributed by atoms with Crippen molar-refractivity contribution in [3.63, 3.8) is 0 Å². The van der Waals surface area contributed by atoms with E-state index in [9.17, 15) is 9.90 Å². The Morgan fingerprint density at radius 1 is 1.36 bits per heavy atom. The number of aromatic hydroxyl groups is 1. The number of ether oxygens (including phenoxy) is 1. The lowest BCUT2D eigenvalue weighted by Gasteiger charge is -2.25. The van der Waals surface area contributed by atoms with E-state index in [0.29, 0.717) is 26.3 Å². The number of nitrogens with zero attached hydrogens (tertiary/aromatic N) is 1. The third-order valence-electron chi connectivity index (χ3n) is 3.94. The average molecular weight is 303 g/mol. The van der Waals surface area contributed by atoms with Crippen molar-refractivity contribution in [3.05, 3.63) is 30.0 Å². The number of carbonyl (C=O) groups is 1. The molecular formula is C16H21N3O3. The van der Waals surface area contributed by atoms with Crippen LogP contribution in [0.1, 0.15) is 5.56 Å². The van der Waals surface area contributed by atoms with Crippen LogP contribution in [0.15, 0.2) is 24.4 Å². The van der Waals surface area contributed by atoms with Crippen LogP contribution in [0.3, 0.4) is 0 Å². The van der Waals surface area contributed by atoms with E-state index in [1.165, 1.54) is 0 Å². The predicted octanol–water partition coefficient (Wildman–Crippen LogP) is 0.864. The van der Waals surface area contributed by atoms with Gasteiger partial charge >= 0.3 is 0 Å². The monoisotopic (exact) mass is 303 g/mol. The number of nitrogens with one attached hydrogen (secondary N) is 2. The smallest absolute Gasteiger partial charge is 0.234 e. The van der Waals surface area contributed by atoms with Gasteiger partial charge in [0.15, 0.2) is 0 Å². The van der Waals surface area contributed by atoms with Gasteiger partial charge in [-0.25, -0.2) is 0 Å². The van der Waals surface area contributed by atoms with Crippen LogP contribution in [0, 0.1) is 0 Å². The van der Waals surface area contributed by atoms with Gasteiger partial charge in [-0.1, -0.05) is 0 Å². The Bertz CT molecular complexity index is 647. The van der Waals surface area contributed by atoms with Crippen molar-refractivity contribution in [1.82, 2.24) is 15.2 Å². The Morgan fingerprint density at radius 2 is 2.18 bits per heavy atom. The molecule has 1 aromatic heterocycles. The summed E-state index contributed by atoms with van der Waals surface area (Å²) in [6.07, 6.45) is 2.66. The van der Waals surface area contributed by atoms with E-state index >= 15 is 0 Å². The van der Waals surface area contributed by atoms with Gasteiger partial charge in [-0.3, -0.25) is 9.69 Å². The van der Waals surface area contributed by atoms with Crippen molar-refractivity contribution in [2.24, 2.45) is 0 Å². The first-order chi connectivity index (χ1) is 10.7. The second-order valence-electron chi connectivity index (χ2n) is 5.53. The minimum Gasteiger partial charge on any atom is -0.508 e. The van der Waals surface area contributed by atoms with Crippen LogP contribution in [0.2, 0.25) is 0 Å². The minimum atomic E-state index is 0.0459. The maximum atomic E-state index is 11.9. The topological polar surface area (TPSA) is 77.6 Å². The first-order valence-electron chi connectivity index (χ1n) is 7.58. The highest BCUT2D eigenvalue weighted by Gasteiger charge is 2.13. The SMILES string of the molecule is O=C(CN1CCOCC1)NCCc1c[nH]c2ccc(O)cc12. The molecule has 0 aliphatic carbocycles. The second-order valence-corrected chi connectivity index (χ2v) is 5.53. The van der Waals surface area contributed by atoms with Gasteiger partial charge in [-0.05, 0) is 30.2 Å². The number of amides is 1. The van der Waals surface area contributed by atoms with Crippen LogP contribution in [0.4, 0.5) is 0 Å². The zero-order chi connectivity index (χ0) is 15.4. The molecule has 0 radical (unpaired) electrons. The van der Waals surface area contributed by atoms with Gasteiger partial charge in [0.2, 0.25) is 5.91 Å². The van der Waals surface area contributed by atoms with Crippen LogP contribution in [0.25, 0.3) is 10.9 Å². The summed E-state index contributed by atoms with van der Waals surface area (Å²) in [7, 11) is 0. The van der Waals surface area contributed by atoms with E-state index in [1.807, 2.05) is 12.3 Å². The van der Waals surface area contributed by atoms with Gasteiger partial charge in [0.25, 0.3) is 0 Å². The molecule has 0 bridgehead atoms. The highest BCUT2D eigenvalue weighted by molar-refractivity contribution is 5.84. The Hall–Kier alpha value is -2.05. The highest BCUT2D eigenvalue weighted by atomic mass is 16.5. The van der Waals surface area contributed by atoms with Crippen molar-refractivity contribution < 1.29 is 14.6 Å². The van der Waals surface area contributed by atoms with E-state index in [0.717, 1.165) is 36.0 Å². The number of hydrogen-bond donors (Lipinski definition) is 3. The number of aromatic amines is 1. The third kappa shape index (κ3) is 3.58. The van der Waals surface area contributed by atoms with Crippen molar-refractivity contribution in [1.29, 1.82) is 0 Å². The zero-order valence-corrected chi connectivity index (χ0v) is 12.5. The minimum absolute atomic E-state index is 0.0459. The fourth-order valence-electron chi connectivity index (χ4n) is 2.73. The molecule has 3 N–H and O–H groups in total. The van der Waals surface area contributed by atoms with Gasteiger partial charge in [-0.2, -0.15) is 0 Å². The molecular weight excluding hydrogens is 282 g/mol. The molecule has 0 unspecified atom stereocenters. The van der Waals surface area contributed by atoms with Gasteiger partial charge in [0.1, 0.15) is 5.75 Å². The number of phenolic OH excluding ortho intramolecular Hbond substituents is 1. The van der Waals surface area contributed by atoms with E-state index < -0.39 is 0 Å². The molecule has 6 heteroatoms. The van der Waals surface area contributed by atoms with Gasteiger partial charge in [0, 0.05) is 36.7 Å². The van der Waals surface area contributed by atoms with Crippen molar-refractivity contribution in [2.75, 3.05) is 39.4 Å². The quantitative estimate of drug-likeness (QED) is 0.766. The summed E-state index contributed by atoms with van der Waals surface area (Å²) in [6.45, 7) is 4.05. The van der Waals surface area contributed by atoms with Crippen molar-refractivity contribution in [2.45, 2.75) is 6.42 Å². The molecule has 1 aliphatic rings. The molecule has 3 rings (SSSR count). The normalized spacial score (nSPS) is 16.0. The molecule has 6 nitrogen and oxygen atoms in total. The number of hydrogen-bond acceptors (Lipinski definition) is 4. The van der Waals surface area contributed by atoms with E-state index in [4.69, 9.17) is 4.74 Å². The van der Waals surface area contributed by atoms with Gasteiger partial charge in [-0.15, -0.1) is 0 Å². The van der Waals surface area contributed by atoms with E-state index in [1.54, 1.807) is 12.1 Å². The molecule has 118 valence electrons. The van der Waals surface area contributed by atoms with Crippen LogP contribution >= 0.6 is 0 Å². The number of fused-ring (bicyclic) bond motifs is 1. The number of benzene rings is 1. The molecule has 1 saturated heterocycles. The number of phenols is 1. The van der Waals surface area contributed by atoms with Crippen LogP contribution in [0.5, 0.6) is 5.75 Å². The summed E-state index contributed by atoms with van der Waals surface area (Å²) in [6, 6.07) is 5.26. The summed E-state index contributed by atoms with van der Waals surface area (Å²) in [5.74, 6) is 0.300. The number of carbonyl (C=O) groups excluding carboxylic acids is 1. The fraction of sp³-hybridized carbons (Fsp3) is 0.438. The van der Waals surface area contributed by atoms with Gasteiger partial charge < -0.3 is 20.1 Å². The summed E-state index contributed by atoms with van der Waals surface area (Å²) in [5, 5.41) is 13.5. The maximum absolute atomic E-state index is 11.9. The summed E-state index contributed by atoms with van der Waals surface area (Å²) in [5.41, 5.74) is 2.09. The van der Waals surface area contributed by atoms with Crippen molar-refractivity contribution in [3.8, 4) is 5.75 Å². The highest BCUT2D eigenvalue weighted by Crippen LogP contribution is 2.22. The lowest BCUT2D eigenvalue weighted by Crippen LogP contribution is -2.43. The number of rotatable bonds is 5. The average Bonchev–Trinajstić information content (AvgIpc) is 2.91. The van der Waals surface area contributed by atoms with Crippen molar-refractivity contribution >= 4 is 16.8 Å². The Balaban J connectivity index is 1.49. The standard InChI is InChI=1S/C16H21N3O3/c20-13-1-2-15-14(9-13)12(10-18-15)3-4-17-16(21)11-19-5-7-22-8-6-19/h1-2,9-10,18,20H,3-8,11H2,(H,17,21). The summed E-state index contributed by atoms with van der Waals surface area (Å²) < 4.78 is 5.26. The lowest BCUT2D eigenvalue weighted by atomic mass is 10.1. The molecule has 1 fully saturated rings. The summed E-state index contributed by atoms with van der Waals surface area (Å²) >= 11 is 0. The molecule has 2 heterocycles. The first-order valence-corrected chi connectivity index (χ1v) is 7.58. The molecule has 0 saturated carbocycles. The summed E-state index contributed by atoms with van der Waals surface area (Å²) in [4.78, 5) is 17.2. The molecule has 1 amide bonds. The molecule has 0 atom stereocenters. The van der Waals surface area contributed by atoms with Crippen LogP contribution in [-0.2, 0) is 16.0 Å². The van der Waals surface area contributed by atoms with E-state index in [2.05, 4.69) is 15.2 Å². The number of morpholine rings is 1. The third-order valence-corrected chi connectivity index (χ3v) is 3.94.